The van der Waals surface area contributed by atoms with E-state index in [0.29, 0.717) is 5.69 Å². The molecule has 0 bridgehead atoms. The summed E-state index contributed by atoms with van der Waals surface area (Å²) in [5.74, 6) is 0.192. The van der Waals surface area contributed by atoms with Crippen LogP contribution in [0.1, 0.15) is 5.56 Å². The van der Waals surface area contributed by atoms with E-state index in [9.17, 15) is 8.42 Å². The largest absolute Gasteiger partial charge is 0.324 e. The molecule has 9 heteroatoms. The van der Waals surface area contributed by atoms with E-state index >= 15 is 0 Å². The Bertz CT molecular complexity index is 783. The monoisotopic (exact) mass is 309 g/mol. The van der Waals surface area contributed by atoms with Gasteiger partial charge in [0.25, 0.3) is 0 Å². The minimum absolute atomic E-state index is 0.00169. The fourth-order valence-electron chi connectivity index (χ4n) is 1.35. The third kappa shape index (κ3) is 3.21. The summed E-state index contributed by atoms with van der Waals surface area (Å²) >= 11 is 5.77. The molecule has 0 fully saturated rings. The number of halogens is 1. The molecule has 0 spiro atoms. The highest BCUT2D eigenvalue weighted by molar-refractivity contribution is 7.89. The normalized spacial score (nSPS) is 10.8. The van der Waals surface area contributed by atoms with Crippen LogP contribution < -0.4 is 10.5 Å². The molecular formula is C11H8ClN5O2S. The maximum atomic E-state index is 11.1. The summed E-state index contributed by atoms with van der Waals surface area (Å²) in [6.45, 7) is 0. The minimum atomic E-state index is -3.72. The molecule has 0 unspecified atom stereocenters. The lowest BCUT2D eigenvalue weighted by molar-refractivity contribution is 0.598. The van der Waals surface area contributed by atoms with Gasteiger partial charge in [0.1, 0.15) is 11.6 Å². The van der Waals surface area contributed by atoms with Crippen molar-refractivity contribution in [1.82, 2.24) is 9.97 Å². The molecule has 0 saturated carbocycles. The van der Waals surface area contributed by atoms with Gasteiger partial charge in [0.05, 0.1) is 11.1 Å². The molecule has 0 aliphatic rings. The quantitative estimate of drug-likeness (QED) is 0.826. The van der Waals surface area contributed by atoms with Gasteiger partial charge in [-0.2, -0.15) is 10.2 Å². The zero-order valence-corrected chi connectivity index (χ0v) is 11.5. The molecule has 3 N–H and O–H groups in total. The summed E-state index contributed by atoms with van der Waals surface area (Å²) in [5.41, 5.74) is 0.722. The van der Waals surface area contributed by atoms with E-state index in [1.807, 2.05) is 6.07 Å². The number of sulfonamides is 1. The maximum absolute atomic E-state index is 11.1. The van der Waals surface area contributed by atoms with Crippen molar-refractivity contribution in [3.8, 4) is 6.07 Å². The van der Waals surface area contributed by atoms with E-state index in [4.69, 9.17) is 22.0 Å². The van der Waals surface area contributed by atoms with E-state index in [-0.39, 0.29) is 21.6 Å². The third-order valence-electron chi connectivity index (χ3n) is 2.30. The Morgan fingerprint density at radius 1 is 1.30 bits per heavy atom. The number of anilines is 2. The van der Waals surface area contributed by atoms with Crippen molar-refractivity contribution in [1.29, 1.82) is 5.26 Å². The van der Waals surface area contributed by atoms with Gasteiger partial charge in [0, 0.05) is 5.69 Å². The zero-order chi connectivity index (χ0) is 14.8. The lowest BCUT2D eigenvalue weighted by atomic mass is 10.3. The molecule has 1 aromatic heterocycles. The van der Waals surface area contributed by atoms with Crippen molar-refractivity contribution in [2.45, 2.75) is 4.90 Å². The number of hydrogen-bond donors (Lipinski definition) is 2. The standard InChI is InChI=1S/C11H8ClN5O2S/c12-10-7(5-13)6-15-11(17-10)16-8-1-3-9(4-2-8)20(14,18)19/h1-4,6H,(H2,14,18,19)(H,15,16,17). The fraction of sp³-hybridized carbons (Fsp3) is 0. The molecule has 0 aliphatic carbocycles. The Kier molecular flexibility index (Phi) is 3.85. The number of nitrogens with zero attached hydrogens (tertiary/aromatic N) is 3. The lowest BCUT2D eigenvalue weighted by Crippen LogP contribution is -2.11. The summed E-state index contributed by atoms with van der Waals surface area (Å²) in [6, 6.07) is 7.56. The van der Waals surface area contributed by atoms with E-state index in [2.05, 4.69) is 15.3 Å². The first-order valence-electron chi connectivity index (χ1n) is 5.22. The Morgan fingerprint density at radius 3 is 2.45 bits per heavy atom. The topological polar surface area (TPSA) is 122 Å². The summed E-state index contributed by atoms with van der Waals surface area (Å²) in [4.78, 5) is 7.79. The number of benzene rings is 1. The van der Waals surface area contributed by atoms with Crippen molar-refractivity contribution >= 4 is 33.3 Å². The van der Waals surface area contributed by atoms with Gasteiger partial charge in [-0.25, -0.2) is 18.5 Å². The maximum Gasteiger partial charge on any atom is 0.238 e. The highest BCUT2D eigenvalue weighted by atomic mass is 35.5. The van der Waals surface area contributed by atoms with Crippen LogP contribution in [0.5, 0.6) is 0 Å². The number of nitrogens with two attached hydrogens (primary N) is 1. The van der Waals surface area contributed by atoms with Gasteiger partial charge in [0.15, 0.2) is 5.15 Å². The second-order valence-corrected chi connectivity index (χ2v) is 5.62. The molecule has 0 radical (unpaired) electrons. The third-order valence-corrected chi connectivity index (χ3v) is 3.52. The second-order valence-electron chi connectivity index (χ2n) is 3.70. The molecule has 0 atom stereocenters. The molecule has 1 heterocycles. The Labute approximate surface area is 120 Å². The minimum Gasteiger partial charge on any atom is -0.324 e. The molecule has 102 valence electrons. The summed E-state index contributed by atoms with van der Waals surface area (Å²) in [6.07, 6.45) is 1.29. The van der Waals surface area contributed by atoms with E-state index in [1.165, 1.54) is 30.5 Å². The average Bonchev–Trinajstić information content (AvgIpc) is 2.38. The fourth-order valence-corrected chi connectivity index (χ4v) is 2.04. The van der Waals surface area contributed by atoms with Gasteiger partial charge in [-0.05, 0) is 24.3 Å². The highest BCUT2D eigenvalue weighted by Crippen LogP contribution is 2.18. The van der Waals surface area contributed by atoms with Crippen LogP contribution in [0.3, 0.4) is 0 Å². The first-order chi connectivity index (χ1) is 9.40. The molecule has 2 aromatic rings. The first-order valence-corrected chi connectivity index (χ1v) is 7.15. The van der Waals surface area contributed by atoms with Crippen molar-refractivity contribution in [3.05, 3.63) is 41.2 Å². The first kappa shape index (κ1) is 14.2. The number of aromatic nitrogens is 2. The SMILES string of the molecule is N#Cc1cnc(Nc2ccc(S(N)(=O)=O)cc2)nc1Cl. The van der Waals surface area contributed by atoms with Crippen molar-refractivity contribution in [3.63, 3.8) is 0 Å². The average molecular weight is 310 g/mol. The van der Waals surface area contributed by atoms with Crippen LogP contribution in [0.4, 0.5) is 11.6 Å². The van der Waals surface area contributed by atoms with Crippen LogP contribution in [0, 0.1) is 11.3 Å². The number of nitriles is 1. The molecule has 0 saturated heterocycles. The Hall–Kier alpha value is -2.21. The number of nitrogens with one attached hydrogen (secondary N) is 1. The highest BCUT2D eigenvalue weighted by Gasteiger charge is 2.08. The van der Waals surface area contributed by atoms with Gasteiger partial charge in [-0.1, -0.05) is 11.6 Å². The van der Waals surface area contributed by atoms with E-state index < -0.39 is 10.0 Å². The van der Waals surface area contributed by atoms with Gasteiger partial charge < -0.3 is 5.32 Å². The Morgan fingerprint density at radius 2 is 1.95 bits per heavy atom. The van der Waals surface area contributed by atoms with Crippen LogP contribution in [-0.2, 0) is 10.0 Å². The number of hydrogen-bond acceptors (Lipinski definition) is 6. The predicted molar refractivity (Wildman–Crippen MR) is 72.9 cm³/mol. The van der Waals surface area contributed by atoms with Crippen molar-refractivity contribution in [2.24, 2.45) is 5.14 Å². The molecule has 0 aliphatic heterocycles. The van der Waals surface area contributed by atoms with Crippen molar-refractivity contribution < 1.29 is 8.42 Å². The summed E-state index contributed by atoms with van der Waals surface area (Å²) in [7, 11) is -3.72. The summed E-state index contributed by atoms with van der Waals surface area (Å²) < 4.78 is 22.2. The molecule has 0 amide bonds. The number of rotatable bonds is 3. The molecular weight excluding hydrogens is 302 g/mol. The zero-order valence-electron chi connectivity index (χ0n) is 9.91. The van der Waals surface area contributed by atoms with Crippen LogP contribution in [0.15, 0.2) is 35.4 Å². The van der Waals surface area contributed by atoms with E-state index in [0.717, 1.165) is 0 Å². The number of primary sulfonamides is 1. The predicted octanol–water partition coefficient (Wildman–Crippen LogP) is 1.39. The lowest BCUT2D eigenvalue weighted by Gasteiger charge is -2.06. The molecule has 2 rings (SSSR count). The van der Waals surface area contributed by atoms with Gasteiger partial charge in [-0.3, -0.25) is 0 Å². The smallest absolute Gasteiger partial charge is 0.238 e. The van der Waals surface area contributed by atoms with Crippen LogP contribution in [-0.4, -0.2) is 18.4 Å². The molecule has 20 heavy (non-hydrogen) atoms. The van der Waals surface area contributed by atoms with Crippen LogP contribution >= 0.6 is 11.6 Å². The molecule has 1 aromatic carbocycles. The Balaban J connectivity index is 2.23. The van der Waals surface area contributed by atoms with Crippen molar-refractivity contribution in [2.75, 3.05) is 5.32 Å². The summed E-state index contributed by atoms with van der Waals surface area (Å²) in [5, 5.41) is 16.5. The van der Waals surface area contributed by atoms with Crippen LogP contribution in [0.2, 0.25) is 5.15 Å². The van der Waals surface area contributed by atoms with Gasteiger partial charge in [-0.15, -0.1) is 0 Å². The molecule has 7 nitrogen and oxygen atoms in total. The second kappa shape index (κ2) is 5.42. The van der Waals surface area contributed by atoms with Gasteiger partial charge >= 0.3 is 0 Å². The van der Waals surface area contributed by atoms with E-state index in [1.54, 1.807) is 0 Å². The van der Waals surface area contributed by atoms with Gasteiger partial charge in [0.2, 0.25) is 16.0 Å². The van der Waals surface area contributed by atoms with Crippen LogP contribution in [0.25, 0.3) is 0 Å².